The summed E-state index contributed by atoms with van der Waals surface area (Å²) < 4.78 is 11.5. The van der Waals surface area contributed by atoms with E-state index in [0.29, 0.717) is 25.3 Å². The number of nitrogens with zero attached hydrogens (tertiary/aromatic N) is 1. The Kier molecular flexibility index (Phi) is 10.2. The lowest BCUT2D eigenvalue weighted by atomic mass is 9.99. The minimum absolute atomic E-state index is 0.0848. The summed E-state index contributed by atoms with van der Waals surface area (Å²) in [5.41, 5.74) is 6.43. The molecule has 0 spiro atoms. The lowest BCUT2D eigenvalue weighted by molar-refractivity contribution is 0.0950. The van der Waals surface area contributed by atoms with E-state index in [2.05, 4.69) is 41.4 Å². The number of amides is 1. The maximum absolute atomic E-state index is 13.1. The zero-order valence-corrected chi connectivity index (χ0v) is 22.3. The quantitative estimate of drug-likeness (QED) is 0.424. The predicted molar refractivity (Wildman–Crippen MR) is 149 cm³/mol. The highest BCUT2D eigenvalue weighted by Crippen LogP contribution is 2.25. The van der Waals surface area contributed by atoms with Gasteiger partial charge in [0.25, 0.3) is 5.91 Å². The topological polar surface area (TPSA) is 50.8 Å². The number of hydrogen-bond donors (Lipinski definition) is 1. The highest BCUT2D eigenvalue weighted by molar-refractivity contribution is 5.94. The number of ether oxygens (including phenoxy) is 2. The van der Waals surface area contributed by atoms with Crippen molar-refractivity contribution < 1.29 is 14.3 Å². The number of benzene rings is 3. The number of nitrogens with one attached hydrogen (secondary N) is 1. The van der Waals surface area contributed by atoms with Crippen LogP contribution in [0.3, 0.4) is 0 Å². The summed E-state index contributed by atoms with van der Waals surface area (Å²) >= 11 is 0. The molecule has 5 nitrogen and oxygen atoms in total. The molecule has 0 saturated heterocycles. The van der Waals surface area contributed by atoms with Crippen LogP contribution in [0.4, 0.5) is 0 Å². The van der Waals surface area contributed by atoms with Crippen LogP contribution in [0.15, 0.2) is 66.7 Å². The number of hydrogen-bond acceptors (Lipinski definition) is 4. The molecule has 1 N–H and O–H groups in total. The van der Waals surface area contributed by atoms with Crippen LogP contribution in [0.25, 0.3) is 0 Å². The number of fused-ring (bicyclic) bond motifs is 3. The maximum Gasteiger partial charge on any atom is 0.251 e. The van der Waals surface area contributed by atoms with Crippen molar-refractivity contribution in [3.8, 4) is 5.75 Å². The molecule has 0 unspecified atom stereocenters. The zero-order valence-electron chi connectivity index (χ0n) is 22.3. The van der Waals surface area contributed by atoms with E-state index in [1.54, 1.807) is 7.11 Å². The summed E-state index contributed by atoms with van der Waals surface area (Å²) in [5.74, 6) is 0.787. The first-order valence-corrected chi connectivity index (χ1v) is 13.6. The molecule has 196 valence electrons. The second-order valence-electron chi connectivity index (χ2n) is 9.89. The highest BCUT2D eigenvalue weighted by Gasteiger charge is 2.14. The fraction of sp³-hybridized carbons (Fsp3) is 0.406. The molecule has 37 heavy (non-hydrogen) atoms. The second kappa shape index (κ2) is 14.0. The van der Waals surface area contributed by atoms with Crippen LogP contribution < -0.4 is 10.1 Å². The predicted octanol–water partition coefficient (Wildman–Crippen LogP) is 6.13. The summed E-state index contributed by atoms with van der Waals surface area (Å²) in [6.45, 7) is 7.17. The number of carbonyl (C=O) groups is 1. The van der Waals surface area contributed by atoms with Gasteiger partial charge >= 0.3 is 0 Å². The van der Waals surface area contributed by atoms with Crippen LogP contribution in [0.5, 0.6) is 5.75 Å². The maximum atomic E-state index is 13.1. The zero-order chi connectivity index (χ0) is 25.9. The van der Waals surface area contributed by atoms with Gasteiger partial charge in [0.15, 0.2) is 0 Å². The minimum atomic E-state index is -0.0848. The van der Waals surface area contributed by atoms with E-state index >= 15 is 0 Å². The van der Waals surface area contributed by atoms with E-state index in [9.17, 15) is 4.79 Å². The molecule has 1 amide bonds. The van der Waals surface area contributed by atoms with Gasteiger partial charge in [-0.05, 0) is 84.8 Å². The van der Waals surface area contributed by atoms with E-state index in [4.69, 9.17) is 9.47 Å². The van der Waals surface area contributed by atoms with Crippen LogP contribution in [-0.2, 0) is 30.9 Å². The van der Waals surface area contributed by atoms with Gasteiger partial charge < -0.3 is 14.8 Å². The SMILES string of the molecule is CCCN1CCCCCOc2ccc(C(=O)NCc3ccccc3COC)cc2Cc2cccc(c2)C1. The molecule has 1 aliphatic heterocycles. The Morgan fingerprint density at radius 3 is 2.65 bits per heavy atom. The van der Waals surface area contributed by atoms with Gasteiger partial charge in [-0.3, -0.25) is 9.69 Å². The van der Waals surface area contributed by atoms with Crippen LogP contribution in [0, 0.1) is 0 Å². The number of methoxy groups -OCH3 is 1. The molecule has 0 aromatic heterocycles. The summed E-state index contributed by atoms with van der Waals surface area (Å²) in [7, 11) is 1.68. The Morgan fingerprint density at radius 1 is 0.973 bits per heavy atom. The third kappa shape index (κ3) is 7.91. The van der Waals surface area contributed by atoms with Gasteiger partial charge in [-0.15, -0.1) is 0 Å². The standard InChI is InChI=1S/C32H40N2O3/c1-3-16-34-17-7-4-8-18-37-31-15-14-27(21-30(31)20-25-10-9-11-26(19-25)23-34)32(35)33-22-28-12-5-6-13-29(28)24-36-2/h5-6,9-15,19,21H,3-4,7-8,16-18,20,22-24H2,1-2H3,(H,33,35). The van der Waals surface area contributed by atoms with Gasteiger partial charge in [0.2, 0.25) is 0 Å². The van der Waals surface area contributed by atoms with E-state index in [0.717, 1.165) is 61.3 Å². The summed E-state index contributed by atoms with van der Waals surface area (Å²) in [6.07, 6.45) is 5.27. The molecule has 3 aromatic rings. The molecule has 0 fully saturated rings. The van der Waals surface area contributed by atoms with E-state index in [1.165, 1.54) is 24.0 Å². The van der Waals surface area contributed by atoms with Gasteiger partial charge in [0.1, 0.15) is 5.75 Å². The molecule has 4 rings (SSSR count). The number of rotatable bonds is 7. The van der Waals surface area contributed by atoms with Crippen molar-refractivity contribution in [3.63, 3.8) is 0 Å². The van der Waals surface area contributed by atoms with Crippen molar-refractivity contribution in [1.29, 1.82) is 0 Å². The average molecular weight is 501 g/mol. The highest BCUT2D eigenvalue weighted by atomic mass is 16.5. The van der Waals surface area contributed by atoms with Gasteiger partial charge in [-0.2, -0.15) is 0 Å². The number of carbonyl (C=O) groups excluding carboxylic acids is 1. The average Bonchev–Trinajstić information content (AvgIpc) is 2.90. The first-order valence-electron chi connectivity index (χ1n) is 13.6. The van der Waals surface area contributed by atoms with Crippen molar-refractivity contribution in [2.45, 2.75) is 58.7 Å². The summed E-state index contributed by atoms with van der Waals surface area (Å²) in [6, 6.07) is 22.7. The first-order chi connectivity index (χ1) is 18.2. The van der Waals surface area contributed by atoms with Gasteiger partial charge in [-0.1, -0.05) is 55.5 Å². The van der Waals surface area contributed by atoms with Crippen molar-refractivity contribution in [1.82, 2.24) is 10.2 Å². The smallest absolute Gasteiger partial charge is 0.251 e. The van der Waals surface area contributed by atoms with Crippen molar-refractivity contribution in [3.05, 3.63) is 100 Å². The van der Waals surface area contributed by atoms with Crippen molar-refractivity contribution in [2.75, 3.05) is 26.8 Å². The van der Waals surface area contributed by atoms with Crippen molar-refractivity contribution in [2.24, 2.45) is 0 Å². The summed E-state index contributed by atoms with van der Waals surface area (Å²) in [5, 5.41) is 3.09. The Labute approximate surface area is 221 Å². The van der Waals surface area contributed by atoms with E-state index in [1.807, 2.05) is 42.5 Å². The van der Waals surface area contributed by atoms with Crippen molar-refractivity contribution >= 4 is 5.91 Å². The molecule has 0 saturated carbocycles. The third-order valence-electron chi connectivity index (χ3n) is 6.89. The molecular weight excluding hydrogens is 460 g/mol. The first kappa shape index (κ1) is 26.9. The molecule has 3 aromatic carbocycles. The van der Waals surface area contributed by atoms with E-state index < -0.39 is 0 Å². The molecule has 1 heterocycles. The molecule has 0 atom stereocenters. The van der Waals surface area contributed by atoms with Crippen LogP contribution in [0.1, 0.15) is 70.8 Å². The molecule has 1 aliphatic rings. The van der Waals surface area contributed by atoms with Gasteiger partial charge in [0, 0.05) is 32.2 Å². The van der Waals surface area contributed by atoms with Crippen LogP contribution in [-0.4, -0.2) is 37.6 Å². The van der Waals surface area contributed by atoms with E-state index in [-0.39, 0.29) is 5.91 Å². The Balaban J connectivity index is 1.53. The lowest BCUT2D eigenvalue weighted by Gasteiger charge is -2.22. The fourth-order valence-corrected chi connectivity index (χ4v) is 5.00. The third-order valence-corrected chi connectivity index (χ3v) is 6.89. The molecular formula is C32H40N2O3. The van der Waals surface area contributed by atoms with Crippen LogP contribution >= 0.6 is 0 Å². The van der Waals surface area contributed by atoms with Gasteiger partial charge in [-0.25, -0.2) is 0 Å². The lowest BCUT2D eigenvalue weighted by Crippen LogP contribution is -2.25. The van der Waals surface area contributed by atoms with Crippen LogP contribution in [0.2, 0.25) is 0 Å². The Hall–Kier alpha value is -3.15. The largest absolute Gasteiger partial charge is 0.493 e. The van der Waals surface area contributed by atoms with Gasteiger partial charge in [0.05, 0.1) is 13.2 Å². The molecule has 0 radical (unpaired) electrons. The molecule has 2 bridgehead atoms. The fourth-order valence-electron chi connectivity index (χ4n) is 5.00. The normalized spacial score (nSPS) is 14.8. The molecule has 5 heteroatoms. The monoisotopic (exact) mass is 500 g/mol. The Morgan fingerprint density at radius 2 is 1.81 bits per heavy atom. The molecule has 0 aliphatic carbocycles. The second-order valence-corrected chi connectivity index (χ2v) is 9.89. The minimum Gasteiger partial charge on any atom is -0.493 e. The Bertz CT molecular complexity index is 1160. The summed E-state index contributed by atoms with van der Waals surface area (Å²) in [4.78, 5) is 15.7.